The van der Waals surface area contributed by atoms with Gasteiger partial charge in [0.15, 0.2) is 0 Å². The van der Waals surface area contributed by atoms with E-state index in [2.05, 4.69) is 12.0 Å². The highest BCUT2D eigenvalue weighted by Crippen LogP contribution is 2.07. The van der Waals surface area contributed by atoms with E-state index in [-0.39, 0.29) is 16.9 Å². The summed E-state index contributed by atoms with van der Waals surface area (Å²) in [6.45, 7) is 4.64. The summed E-state index contributed by atoms with van der Waals surface area (Å²) in [7, 11) is 0. The van der Waals surface area contributed by atoms with Crippen molar-refractivity contribution in [3.8, 4) is 5.69 Å². The molecule has 3 aromatic rings. The van der Waals surface area contributed by atoms with E-state index >= 15 is 0 Å². The van der Waals surface area contributed by atoms with E-state index in [1.807, 2.05) is 31.2 Å². The van der Waals surface area contributed by atoms with Crippen LogP contribution in [0.25, 0.3) is 11.3 Å². The van der Waals surface area contributed by atoms with Crippen LogP contribution in [0.3, 0.4) is 0 Å². The first-order valence-electron chi connectivity index (χ1n) is 7.89. The van der Waals surface area contributed by atoms with Crippen LogP contribution in [-0.4, -0.2) is 18.7 Å². The fourth-order valence-corrected chi connectivity index (χ4v) is 2.58. The molecule has 23 heavy (non-hydrogen) atoms. The van der Waals surface area contributed by atoms with Gasteiger partial charge in [-0.05, 0) is 25.5 Å². The van der Waals surface area contributed by atoms with Gasteiger partial charge >= 0.3 is 11.2 Å². The molecule has 2 heterocycles. The normalized spacial score (nSPS) is 11.2. The van der Waals surface area contributed by atoms with Crippen molar-refractivity contribution in [2.45, 2.75) is 39.7 Å². The fraction of sp³-hybridized carbons (Fsp3) is 0.353. The van der Waals surface area contributed by atoms with Crippen molar-refractivity contribution in [2.24, 2.45) is 0 Å². The highest BCUT2D eigenvalue weighted by Gasteiger charge is 2.12. The van der Waals surface area contributed by atoms with Crippen molar-refractivity contribution >= 4 is 5.65 Å². The van der Waals surface area contributed by atoms with Crippen molar-refractivity contribution in [1.82, 2.24) is 18.7 Å². The van der Waals surface area contributed by atoms with Gasteiger partial charge in [-0.15, -0.1) is 5.10 Å². The molecule has 0 fully saturated rings. The second kappa shape index (κ2) is 6.24. The molecule has 0 N–H and O–H groups in total. The van der Waals surface area contributed by atoms with Gasteiger partial charge in [0.1, 0.15) is 0 Å². The van der Waals surface area contributed by atoms with E-state index in [9.17, 15) is 9.59 Å². The monoisotopic (exact) mass is 312 g/mol. The molecule has 0 atom stereocenters. The van der Waals surface area contributed by atoms with E-state index in [1.165, 1.54) is 13.6 Å². The fourth-order valence-electron chi connectivity index (χ4n) is 2.58. The van der Waals surface area contributed by atoms with Gasteiger partial charge in [0.25, 0.3) is 0 Å². The summed E-state index contributed by atoms with van der Waals surface area (Å²) in [5.74, 6) is 0. The van der Waals surface area contributed by atoms with Crippen molar-refractivity contribution in [3.63, 3.8) is 0 Å². The number of unbranched alkanes of at least 4 members (excludes halogenated alkanes) is 2. The molecular formula is C17H20N4O2. The minimum absolute atomic E-state index is 0.162. The third-order valence-corrected chi connectivity index (χ3v) is 3.93. The van der Waals surface area contributed by atoms with Crippen molar-refractivity contribution < 1.29 is 0 Å². The van der Waals surface area contributed by atoms with Gasteiger partial charge in [-0.1, -0.05) is 37.5 Å². The molecule has 120 valence electrons. The maximum atomic E-state index is 12.6. The average Bonchev–Trinajstić information content (AvgIpc) is 2.87. The first-order valence-corrected chi connectivity index (χ1v) is 7.89. The Morgan fingerprint density at radius 3 is 2.48 bits per heavy atom. The lowest BCUT2D eigenvalue weighted by Gasteiger charge is -2.05. The van der Waals surface area contributed by atoms with Gasteiger partial charge in [-0.3, -0.25) is 9.36 Å². The smallest absolute Gasteiger partial charge is 0.280 e. The molecule has 0 aliphatic carbocycles. The third-order valence-electron chi connectivity index (χ3n) is 3.93. The van der Waals surface area contributed by atoms with Gasteiger partial charge in [0.05, 0.1) is 0 Å². The maximum Gasteiger partial charge on any atom is 0.350 e. The molecule has 1 aromatic carbocycles. The lowest BCUT2D eigenvalue weighted by atomic mass is 10.2. The topological polar surface area (TPSA) is 61.3 Å². The predicted molar refractivity (Wildman–Crippen MR) is 89.3 cm³/mol. The summed E-state index contributed by atoms with van der Waals surface area (Å²) in [5, 5.41) is 4.22. The molecule has 0 unspecified atom stereocenters. The van der Waals surface area contributed by atoms with E-state index in [0.717, 1.165) is 30.5 Å². The van der Waals surface area contributed by atoms with Crippen LogP contribution in [-0.2, 0) is 6.54 Å². The number of hydrogen-bond donors (Lipinski definition) is 0. The van der Waals surface area contributed by atoms with Gasteiger partial charge < -0.3 is 0 Å². The zero-order valence-electron chi connectivity index (χ0n) is 13.4. The SMILES string of the molecule is CCCCCn1nc2c(=O)n(-c3ccc(C)cc3)ccn2c1=O. The number of benzene rings is 1. The first-order chi connectivity index (χ1) is 11.1. The summed E-state index contributed by atoms with van der Waals surface area (Å²) in [5.41, 5.74) is 1.50. The molecule has 0 amide bonds. The maximum absolute atomic E-state index is 12.6. The van der Waals surface area contributed by atoms with E-state index in [4.69, 9.17) is 0 Å². The summed E-state index contributed by atoms with van der Waals surface area (Å²) in [6, 6.07) is 7.65. The van der Waals surface area contributed by atoms with Gasteiger partial charge in [0.2, 0.25) is 5.65 Å². The standard InChI is InChI=1S/C17H20N4O2/c1-3-4-5-10-21-17(23)20-12-11-19(16(22)15(20)18-21)14-8-6-13(2)7-9-14/h6-9,11-12H,3-5,10H2,1-2H3. The van der Waals surface area contributed by atoms with Crippen LogP contribution >= 0.6 is 0 Å². The van der Waals surface area contributed by atoms with Crippen molar-refractivity contribution in [1.29, 1.82) is 0 Å². The molecule has 0 aliphatic heterocycles. The summed E-state index contributed by atoms with van der Waals surface area (Å²) in [6.07, 6.45) is 6.20. The van der Waals surface area contributed by atoms with E-state index in [0.29, 0.717) is 6.54 Å². The number of aryl methyl sites for hydroxylation is 2. The predicted octanol–water partition coefficient (Wildman–Crippen LogP) is 2.15. The number of hydrogen-bond acceptors (Lipinski definition) is 3. The number of nitrogens with zero attached hydrogens (tertiary/aromatic N) is 4. The molecular weight excluding hydrogens is 292 g/mol. The summed E-state index contributed by atoms with van der Waals surface area (Å²) < 4.78 is 4.21. The van der Waals surface area contributed by atoms with E-state index in [1.54, 1.807) is 12.4 Å². The minimum Gasteiger partial charge on any atom is -0.280 e. The first kappa shape index (κ1) is 15.3. The van der Waals surface area contributed by atoms with Crippen LogP contribution in [0.2, 0.25) is 0 Å². The van der Waals surface area contributed by atoms with Crippen molar-refractivity contribution in [3.05, 3.63) is 63.1 Å². The zero-order valence-corrected chi connectivity index (χ0v) is 13.4. The van der Waals surface area contributed by atoms with Crippen molar-refractivity contribution in [2.75, 3.05) is 0 Å². The Kier molecular flexibility index (Phi) is 4.14. The molecule has 0 aliphatic rings. The molecule has 0 bridgehead atoms. The van der Waals surface area contributed by atoms with Crippen LogP contribution < -0.4 is 11.2 Å². The molecule has 6 nitrogen and oxygen atoms in total. The molecule has 2 aromatic heterocycles. The Balaban J connectivity index is 2.07. The van der Waals surface area contributed by atoms with Crippen LogP contribution in [0.4, 0.5) is 0 Å². The highest BCUT2D eigenvalue weighted by atomic mass is 16.2. The summed E-state index contributed by atoms with van der Waals surface area (Å²) in [4.78, 5) is 24.9. The van der Waals surface area contributed by atoms with Crippen LogP contribution in [0.5, 0.6) is 0 Å². The Bertz CT molecular complexity index is 932. The molecule has 0 saturated heterocycles. The summed E-state index contributed by atoms with van der Waals surface area (Å²) >= 11 is 0. The molecule has 0 spiro atoms. The number of aromatic nitrogens is 4. The Hall–Kier alpha value is -2.63. The van der Waals surface area contributed by atoms with Crippen LogP contribution in [0.1, 0.15) is 31.7 Å². The largest absolute Gasteiger partial charge is 0.350 e. The lowest BCUT2D eigenvalue weighted by molar-refractivity contribution is 0.538. The van der Waals surface area contributed by atoms with Gasteiger partial charge in [-0.25, -0.2) is 13.9 Å². The number of fused-ring (bicyclic) bond motifs is 1. The minimum atomic E-state index is -0.289. The Morgan fingerprint density at radius 1 is 1.04 bits per heavy atom. The van der Waals surface area contributed by atoms with Crippen LogP contribution in [0, 0.1) is 6.92 Å². The third kappa shape index (κ3) is 2.84. The van der Waals surface area contributed by atoms with Crippen LogP contribution in [0.15, 0.2) is 46.2 Å². The lowest BCUT2D eigenvalue weighted by Crippen LogP contribution is -2.24. The highest BCUT2D eigenvalue weighted by molar-refractivity contribution is 5.40. The Labute approximate surface area is 133 Å². The Morgan fingerprint density at radius 2 is 1.78 bits per heavy atom. The quantitative estimate of drug-likeness (QED) is 0.678. The zero-order chi connectivity index (χ0) is 16.4. The second-order valence-electron chi connectivity index (χ2n) is 5.72. The molecule has 3 rings (SSSR count). The average molecular weight is 312 g/mol. The van der Waals surface area contributed by atoms with Gasteiger partial charge in [0, 0.05) is 24.6 Å². The van der Waals surface area contributed by atoms with Gasteiger partial charge in [-0.2, -0.15) is 0 Å². The number of rotatable bonds is 5. The van der Waals surface area contributed by atoms with E-state index < -0.39 is 0 Å². The second-order valence-corrected chi connectivity index (χ2v) is 5.72. The molecule has 0 radical (unpaired) electrons. The molecule has 6 heteroatoms. The molecule has 0 saturated carbocycles.